The molecule has 0 aromatic heterocycles. The van der Waals surface area contributed by atoms with Crippen LogP contribution in [0.3, 0.4) is 0 Å². The minimum Gasteiger partial charge on any atom is -0.494 e. The fourth-order valence-electron chi connectivity index (χ4n) is 4.62. The molecule has 0 atom stereocenters. The van der Waals surface area contributed by atoms with E-state index in [0.29, 0.717) is 12.2 Å². The third-order valence-electron chi connectivity index (χ3n) is 6.55. The molecule has 0 spiro atoms. The molecule has 172 valence electrons. The Hall–Kier alpha value is -2.55. The van der Waals surface area contributed by atoms with Crippen LogP contribution in [0.4, 0.5) is 0 Å². The van der Waals surface area contributed by atoms with E-state index in [1.165, 1.54) is 50.2 Å². The number of ketones is 1. The first-order valence-electron chi connectivity index (χ1n) is 12.3. The first-order valence-corrected chi connectivity index (χ1v) is 12.3. The Morgan fingerprint density at radius 1 is 0.875 bits per heavy atom. The van der Waals surface area contributed by atoms with Crippen LogP contribution in [0.5, 0.6) is 11.5 Å². The highest BCUT2D eigenvalue weighted by molar-refractivity contribution is 6.04. The zero-order chi connectivity index (χ0) is 22.6. The van der Waals surface area contributed by atoms with Gasteiger partial charge in [0, 0.05) is 5.56 Å². The second-order valence-corrected chi connectivity index (χ2v) is 8.93. The van der Waals surface area contributed by atoms with Crippen LogP contribution < -0.4 is 9.47 Å². The summed E-state index contributed by atoms with van der Waals surface area (Å²) in [5.41, 5.74) is 2.11. The average Bonchev–Trinajstić information content (AvgIpc) is 2.84. The van der Waals surface area contributed by atoms with Crippen LogP contribution in [-0.2, 0) is 0 Å². The van der Waals surface area contributed by atoms with E-state index in [0.717, 1.165) is 49.2 Å². The minimum absolute atomic E-state index is 0.0688. The predicted octanol–water partition coefficient (Wildman–Crippen LogP) is 7.76. The molecule has 0 radical (unpaired) electrons. The van der Waals surface area contributed by atoms with Gasteiger partial charge in [-0.3, -0.25) is 4.79 Å². The molecular weight excluding hydrogens is 396 g/mol. The van der Waals surface area contributed by atoms with Crippen molar-refractivity contribution in [1.29, 1.82) is 0 Å². The lowest BCUT2D eigenvalue weighted by Gasteiger charge is -2.28. The Labute approximate surface area is 193 Å². The van der Waals surface area contributed by atoms with Gasteiger partial charge in [-0.1, -0.05) is 38.5 Å². The summed E-state index contributed by atoms with van der Waals surface area (Å²) in [5.74, 6) is 3.38. The lowest BCUT2D eigenvalue weighted by Crippen LogP contribution is -2.13. The van der Waals surface area contributed by atoms with Crippen molar-refractivity contribution in [1.82, 2.24) is 0 Å². The molecule has 3 rings (SSSR count). The Morgan fingerprint density at radius 3 is 1.97 bits per heavy atom. The molecule has 0 amide bonds. The fourth-order valence-corrected chi connectivity index (χ4v) is 4.62. The van der Waals surface area contributed by atoms with E-state index in [9.17, 15) is 4.79 Å². The molecule has 0 unspecified atom stereocenters. The molecule has 2 aromatic rings. The lowest BCUT2D eigenvalue weighted by atomic mass is 9.77. The summed E-state index contributed by atoms with van der Waals surface area (Å²) in [5, 5.41) is 0. The van der Waals surface area contributed by atoms with Gasteiger partial charge >= 0.3 is 0 Å². The van der Waals surface area contributed by atoms with Crippen LogP contribution >= 0.6 is 0 Å². The van der Waals surface area contributed by atoms with E-state index in [1.54, 1.807) is 12.1 Å². The average molecular weight is 435 g/mol. The Balaban J connectivity index is 1.27. The smallest absolute Gasteiger partial charge is 0.185 e. The van der Waals surface area contributed by atoms with Gasteiger partial charge in [-0.15, -0.1) is 0 Å². The number of carbonyl (C=O) groups excluding carboxylic acids is 1. The molecule has 0 bridgehead atoms. The largest absolute Gasteiger partial charge is 0.494 e. The number of hydrogen-bond donors (Lipinski definition) is 0. The number of carbonyl (C=O) groups is 1. The molecule has 32 heavy (non-hydrogen) atoms. The van der Waals surface area contributed by atoms with Crippen LogP contribution in [0.25, 0.3) is 0 Å². The molecule has 0 saturated heterocycles. The van der Waals surface area contributed by atoms with Gasteiger partial charge in [0.2, 0.25) is 0 Å². The van der Waals surface area contributed by atoms with Crippen molar-refractivity contribution in [3.63, 3.8) is 0 Å². The summed E-state index contributed by atoms with van der Waals surface area (Å²) < 4.78 is 11.7. The molecule has 1 fully saturated rings. The van der Waals surface area contributed by atoms with Gasteiger partial charge < -0.3 is 9.47 Å². The monoisotopic (exact) mass is 434 g/mol. The number of hydrogen-bond acceptors (Lipinski definition) is 3. The van der Waals surface area contributed by atoms with Gasteiger partial charge in [0.1, 0.15) is 11.5 Å². The van der Waals surface area contributed by atoms with E-state index in [-0.39, 0.29) is 5.78 Å². The van der Waals surface area contributed by atoms with Crippen molar-refractivity contribution in [3.05, 3.63) is 72.3 Å². The zero-order valence-corrected chi connectivity index (χ0v) is 19.6. The summed E-state index contributed by atoms with van der Waals surface area (Å²) in [7, 11) is 0. The third-order valence-corrected chi connectivity index (χ3v) is 6.55. The highest BCUT2D eigenvalue weighted by atomic mass is 16.5. The molecule has 0 heterocycles. The van der Waals surface area contributed by atoms with Crippen molar-refractivity contribution < 1.29 is 14.3 Å². The number of allylic oxidation sites excluding steroid dienone is 1. The SMILES string of the molecule is C=CC(=O)c1ccc(OCCCCCOc2ccc(C3CCC(CCC)CC3)cc2)cc1. The number of benzene rings is 2. The summed E-state index contributed by atoms with van der Waals surface area (Å²) in [6.07, 6.45) is 12.6. The van der Waals surface area contributed by atoms with Crippen molar-refractivity contribution in [2.24, 2.45) is 5.92 Å². The van der Waals surface area contributed by atoms with E-state index < -0.39 is 0 Å². The van der Waals surface area contributed by atoms with Gasteiger partial charge in [0.25, 0.3) is 0 Å². The van der Waals surface area contributed by atoms with Gasteiger partial charge in [-0.25, -0.2) is 0 Å². The van der Waals surface area contributed by atoms with Crippen molar-refractivity contribution >= 4 is 5.78 Å². The normalized spacial score (nSPS) is 18.2. The fraction of sp³-hybridized carbons (Fsp3) is 0.483. The topological polar surface area (TPSA) is 35.5 Å². The van der Waals surface area contributed by atoms with Gasteiger partial charge in [0.15, 0.2) is 5.78 Å². The van der Waals surface area contributed by atoms with E-state index in [4.69, 9.17) is 9.47 Å². The Morgan fingerprint density at radius 2 is 1.44 bits per heavy atom. The summed E-state index contributed by atoms with van der Waals surface area (Å²) >= 11 is 0. The first-order chi connectivity index (χ1) is 15.7. The van der Waals surface area contributed by atoms with Crippen molar-refractivity contribution in [3.8, 4) is 11.5 Å². The minimum atomic E-state index is -0.0688. The zero-order valence-electron chi connectivity index (χ0n) is 19.6. The van der Waals surface area contributed by atoms with Gasteiger partial charge in [0.05, 0.1) is 13.2 Å². The first kappa shape index (κ1) is 24.1. The highest BCUT2D eigenvalue weighted by Gasteiger charge is 2.21. The van der Waals surface area contributed by atoms with Crippen LogP contribution in [0.15, 0.2) is 61.2 Å². The Kier molecular flexibility index (Phi) is 9.87. The summed E-state index contributed by atoms with van der Waals surface area (Å²) in [6, 6.07) is 16.0. The molecule has 0 aliphatic heterocycles. The molecular formula is C29H38O3. The second kappa shape index (κ2) is 13.1. The molecule has 1 aliphatic carbocycles. The lowest BCUT2D eigenvalue weighted by molar-refractivity contribution is 0.104. The van der Waals surface area contributed by atoms with Crippen molar-refractivity contribution in [2.75, 3.05) is 13.2 Å². The van der Waals surface area contributed by atoms with E-state index in [1.807, 2.05) is 12.1 Å². The molecule has 1 saturated carbocycles. The van der Waals surface area contributed by atoms with Crippen LogP contribution in [0, 0.1) is 5.92 Å². The molecule has 3 heteroatoms. The molecule has 2 aromatic carbocycles. The number of rotatable bonds is 13. The number of unbranched alkanes of at least 4 members (excludes halogenated alkanes) is 2. The maximum Gasteiger partial charge on any atom is 0.185 e. The van der Waals surface area contributed by atoms with Crippen molar-refractivity contribution in [2.45, 2.75) is 70.6 Å². The van der Waals surface area contributed by atoms with Gasteiger partial charge in [-0.2, -0.15) is 0 Å². The van der Waals surface area contributed by atoms with E-state index >= 15 is 0 Å². The molecule has 3 nitrogen and oxygen atoms in total. The quantitative estimate of drug-likeness (QED) is 0.184. The van der Waals surface area contributed by atoms with Crippen LogP contribution in [-0.4, -0.2) is 19.0 Å². The second-order valence-electron chi connectivity index (χ2n) is 8.93. The summed E-state index contributed by atoms with van der Waals surface area (Å²) in [4.78, 5) is 11.5. The van der Waals surface area contributed by atoms with E-state index in [2.05, 4.69) is 37.8 Å². The number of ether oxygens (including phenoxy) is 2. The standard InChI is InChI=1S/C29H38O3/c1-3-8-23-9-11-24(12-10-23)25-13-17-27(18-14-25)31-21-6-5-7-22-32-28-19-15-26(16-20-28)29(30)4-2/h4,13-20,23-24H,2-3,5-12,21-22H2,1H3. The Bertz CT molecular complexity index is 814. The van der Waals surface area contributed by atoms with Crippen LogP contribution in [0.2, 0.25) is 0 Å². The maximum atomic E-state index is 11.5. The summed E-state index contributed by atoms with van der Waals surface area (Å²) in [6.45, 7) is 7.21. The maximum absolute atomic E-state index is 11.5. The van der Waals surface area contributed by atoms with Gasteiger partial charge in [-0.05, 0) is 105 Å². The van der Waals surface area contributed by atoms with Crippen LogP contribution in [0.1, 0.15) is 86.6 Å². The highest BCUT2D eigenvalue weighted by Crippen LogP contribution is 2.37. The third kappa shape index (κ3) is 7.55. The predicted molar refractivity (Wildman–Crippen MR) is 132 cm³/mol. The molecule has 0 N–H and O–H groups in total. The molecule has 1 aliphatic rings.